The van der Waals surface area contributed by atoms with Crippen molar-refractivity contribution in [3.63, 3.8) is 0 Å². The third-order valence-corrected chi connectivity index (χ3v) is 28.9. The van der Waals surface area contributed by atoms with Crippen molar-refractivity contribution in [1.29, 1.82) is 0 Å². The number of ether oxygens (including phenoxy) is 14. The van der Waals surface area contributed by atoms with E-state index in [1.165, 1.54) is 65.2 Å². The molecule has 55 atom stereocenters. The number of nitrogens with one attached hydrogen (secondary N) is 1. The molecule has 0 aromatic carbocycles. The molecular weight excluding hydrogens is 1850 g/mol. The Morgan fingerprint density at radius 3 is 1.08 bits per heavy atom. The number of nitrogens with two attached hydrogens (primary N) is 9. The van der Waals surface area contributed by atoms with Crippen LogP contribution in [0.3, 0.4) is 0 Å². The highest BCUT2D eigenvalue weighted by atomic mass is 16.8. The third-order valence-electron chi connectivity index (χ3n) is 28.9. The Morgan fingerprint density at radius 2 is 0.691 bits per heavy atom. The molecule has 11 fully saturated rings. The average Bonchev–Trinajstić information content (AvgIpc) is 1.76. The van der Waals surface area contributed by atoms with Gasteiger partial charge >= 0.3 is 0 Å². The molecule has 11 aliphatic rings. The number of hydrogen-bond acceptors (Lipinski definition) is 50. The smallest absolute Gasteiger partial charge is 0.187 e. The van der Waals surface area contributed by atoms with Crippen molar-refractivity contribution >= 4 is 5.78 Å². The molecule has 139 heavy (non-hydrogen) atoms. The summed E-state index contributed by atoms with van der Waals surface area (Å²) in [6.07, 6.45) is -36.6. The van der Waals surface area contributed by atoms with Gasteiger partial charge in [-0.25, -0.2) is 0 Å². The number of aliphatic hydroxyl groups excluding tert-OH is 24. The Bertz CT molecular complexity index is 3450. The minimum absolute atomic E-state index is 0.0476. The molecule has 0 radical (unpaired) electrons. The van der Waals surface area contributed by atoms with E-state index in [1.807, 2.05) is 20.8 Å². The van der Waals surface area contributed by atoms with Gasteiger partial charge in [0.25, 0.3) is 0 Å². The van der Waals surface area contributed by atoms with Gasteiger partial charge in [0.1, 0.15) is 183 Å². The van der Waals surface area contributed by atoms with Crippen LogP contribution in [-0.4, -0.2) is 499 Å². The fourth-order valence-electron chi connectivity index (χ4n) is 20.0. The Balaban J connectivity index is 0.000000229. The Labute approximate surface area is 811 Å². The van der Waals surface area contributed by atoms with Gasteiger partial charge in [-0.05, 0) is 96.7 Å². The molecule has 4 aliphatic carbocycles. The number of aliphatic hydroxyl groups is 24. The topological polar surface area (TPSA) is 881 Å². The van der Waals surface area contributed by atoms with Crippen molar-refractivity contribution in [2.75, 3.05) is 53.5 Å². The zero-order valence-electron chi connectivity index (χ0n) is 81.2. The van der Waals surface area contributed by atoms with Crippen LogP contribution in [0, 0.1) is 23.7 Å². The van der Waals surface area contributed by atoms with Gasteiger partial charge in [-0.15, -0.1) is 0 Å². The van der Waals surface area contributed by atoms with Gasteiger partial charge < -0.3 is 251 Å². The molecule has 0 spiro atoms. The van der Waals surface area contributed by atoms with Gasteiger partial charge in [0, 0.05) is 50.2 Å². The van der Waals surface area contributed by atoms with Crippen molar-refractivity contribution in [2.24, 2.45) is 75.3 Å². The molecule has 19 unspecified atom stereocenters. The quantitative estimate of drug-likeness (QED) is 0.0253. The maximum atomic E-state index is 12.1. The summed E-state index contributed by atoms with van der Waals surface area (Å²) < 4.78 is 80.9. The highest BCUT2D eigenvalue weighted by Crippen LogP contribution is 2.42. The van der Waals surface area contributed by atoms with E-state index in [4.69, 9.17) is 118 Å². The highest BCUT2D eigenvalue weighted by Gasteiger charge is 2.59. The average molecular weight is 2020 g/mol. The standard InChI is InChI=1S/C30H59N3O10.2C20H39N3O10.C19H36N2O9/c1-3-4-5-6-7-8-9-10-11-12-13-33-15-19-23(36)26(39)30(40-19)43-28-22(35)17(2)14-18(31)27(28)42-29-21(32)25(38)24(37)20(16-34)41-29;1-7-4-8(21)17(32-19-11(22)15(28)14(27)10(6-24)31-19)18(12(7)25)33-20-16(29)13(26)9(30-20)5-23(2)3;1-3-7-4-8(22)17(32-19-10(23)13(27)14(28)16(31-19)6(2)24)18(11(7)25)33-20-15(29)12(26)9(5-21)30-20;1-3-4-10(23)11(24)6-8-5-9(20)18(15(27)13(8)25)30-19-12(21)14(26)16(28)17(29-19)7(2)22/h17-30,33-39H,3-16,31-32H2,1-2H3;7-20,24-29H,4-6,21-22H2,1-3H3;6-20,24-29H,3-5,21-23H2,1-2H3;7-10,12-19,22-23,25-28H,3-6,20-21H2,1-2H3/t17-,18?,19-,20?,21?,22?,23+,24-,25-,26?,27-,28-,29-,30+;7-,8?,9-,10?,11?,12?,13+,14-,15-,16?,17-,18-,19-,20+;6-,7-,8?,9-,10?,11?,12+,13-,14+,15?,16?,17-,18-,19-,20+;7-,8+,9?,10+,12?,13?,14-,15-,16+,17?,18-,19-/m1111/s1. The van der Waals surface area contributed by atoms with Crippen LogP contribution in [0.4, 0.5) is 0 Å². The first-order valence-electron chi connectivity index (χ1n) is 49.5. The second kappa shape index (κ2) is 57.1. The second-order valence-corrected chi connectivity index (χ2v) is 40.2. The zero-order valence-corrected chi connectivity index (χ0v) is 81.2. The molecule has 50 nitrogen and oxygen atoms in total. The van der Waals surface area contributed by atoms with Crippen LogP contribution >= 0.6 is 0 Å². The largest absolute Gasteiger partial charge is 0.394 e. The van der Waals surface area contributed by atoms with Gasteiger partial charge in [-0.3, -0.25) is 4.79 Å². The van der Waals surface area contributed by atoms with Crippen molar-refractivity contribution in [2.45, 2.75) is 476 Å². The van der Waals surface area contributed by atoms with Gasteiger partial charge in [-0.2, -0.15) is 0 Å². The van der Waals surface area contributed by atoms with Crippen LogP contribution in [0.1, 0.15) is 164 Å². The van der Waals surface area contributed by atoms with Crippen LogP contribution in [-0.2, 0) is 71.1 Å². The molecule has 0 bridgehead atoms. The van der Waals surface area contributed by atoms with E-state index in [0.29, 0.717) is 51.6 Å². The zero-order chi connectivity index (χ0) is 103. The fraction of sp³-hybridized carbons (Fsp3) is 0.989. The Kier molecular flexibility index (Phi) is 50.1. The molecule has 0 aromatic rings. The number of unbranched alkanes of at least 4 members (excludes halogenated alkanes) is 9. The van der Waals surface area contributed by atoms with E-state index in [1.54, 1.807) is 25.9 Å². The maximum Gasteiger partial charge on any atom is 0.187 e. The van der Waals surface area contributed by atoms with Crippen LogP contribution in [0.15, 0.2) is 0 Å². The highest BCUT2D eigenvalue weighted by molar-refractivity contribution is 5.83. The minimum Gasteiger partial charge on any atom is -0.394 e. The normalized spacial score (nSPS) is 47.1. The molecule has 7 aliphatic heterocycles. The van der Waals surface area contributed by atoms with Crippen molar-refractivity contribution in [3.8, 4) is 0 Å². The van der Waals surface area contributed by atoms with Crippen LogP contribution in [0.25, 0.3) is 0 Å². The Hall–Kier alpha value is -2.29. The molecule has 43 N–H and O–H groups in total. The van der Waals surface area contributed by atoms with Gasteiger partial charge in [0.15, 0.2) is 49.8 Å². The number of rotatable bonds is 40. The molecule has 7 heterocycles. The van der Waals surface area contributed by atoms with Gasteiger partial charge in [0.2, 0.25) is 0 Å². The molecule has 818 valence electrons. The summed E-state index contributed by atoms with van der Waals surface area (Å²) in [7, 11) is 3.59. The minimum atomic E-state index is -1.47. The number of nitrogens with zero attached hydrogens (tertiary/aromatic N) is 1. The van der Waals surface area contributed by atoms with E-state index in [9.17, 15) is 127 Å². The van der Waals surface area contributed by atoms with Crippen molar-refractivity contribution in [3.05, 3.63) is 0 Å². The SMILES string of the molecule is CCCCCCCCCCCCNC[C@H]1O[C@@H](O[C@@H]2C(O)[C@H](C)CC(N)[C@H]2O[C@H]2OC(CO)[C@@H](O)[C@H](O)C2N)C(O)[C@H]1O.CCC[C@H](O)C(=O)C[C@@H]1CC(N)[C@@H](O[C@H]2OC([C@@H](C)O)[C@@H](O)[C@H](O)C2N)[C@H](O)C1O.CC[C@@H]1CC(N)[C@@H](O[C@H]2OC([C@@H](C)O)[C@@H](O)[C@H](O)C2N)[C@H](O[C@@H]2O[C@H](CN)[C@H](O)C2O)C1O.C[C@@H]1CC(N)[C@@H](O[C@H]2OC(CO)[C@@H](O)[C@H](O)C2N)[C@H](O[C@@H]2O[C@H](CN(C)C)[C@H](O)C2O)C1O. The summed E-state index contributed by atoms with van der Waals surface area (Å²) in [4.78, 5) is 13.9. The first-order valence-corrected chi connectivity index (χ1v) is 49.5. The third kappa shape index (κ3) is 31.2. The summed E-state index contributed by atoms with van der Waals surface area (Å²) in [5, 5.41) is 250. The molecule has 50 heteroatoms. The monoisotopic (exact) mass is 2020 g/mol. The van der Waals surface area contributed by atoms with Gasteiger partial charge in [-0.1, -0.05) is 105 Å². The first-order chi connectivity index (χ1) is 65.6. The maximum absolute atomic E-state index is 12.1. The lowest BCUT2D eigenvalue weighted by Gasteiger charge is -2.48. The lowest BCUT2D eigenvalue weighted by Crippen LogP contribution is -2.67. The molecule has 0 amide bonds. The molecule has 11 rings (SSSR count). The summed E-state index contributed by atoms with van der Waals surface area (Å²) in [6, 6.07) is -7.42. The van der Waals surface area contributed by atoms with Crippen molar-refractivity contribution < 1.29 is 194 Å². The fourth-order valence-corrected chi connectivity index (χ4v) is 20.0. The molecule has 0 aromatic heterocycles. The number of hydrogen-bond donors (Lipinski definition) is 34. The number of carbonyl (C=O) groups is 1. The molecule has 4 saturated carbocycles. The summed E-state index contributed by atoms with van der Waals surface area (Å²) >= 11 is 0. The summed E-state index contributed by atoms with van der Waals surface area (Å²) in [5.74, 6) is -1.87. The van der Waals surface area contributed by atoms with E-state index in [2.05, 4.69) is 12.2 Å². The van der Waals surface area contributed by atoms with Crippen LogP contribution in [0.2, 0.25) is 0 Å². The summed E-state index contributed by atoms with van der Waals surface area (Å²) in [6.45, 7) is 12.6. The van der Waals surface area contributed by atoms with Crippen molar-refractivity contribution in [1.82, 2.24) is 10.2 Å². The Morgan fingerprint density at radius 1 is 0.360 bits per heavy atom. The first kappa shape index (κ1) is 122. The van der Waals surface area contributed by atoms with E-state index in [-0.39, 0.29) is 37.1 Å². The predicted molar refractivity (Wildman–Crippen MR) is 487 cm³/mol. The molecular formula is C89H173N11O39. The van der Waals surface area contributed by atoms with Crippen LogP contribution in [0.5, 0.6) is 0 Å². The van der Waals surface area contributed by atoms with E-state index in [0.717, 1.165) is 19.4 Å². The summed E-state index contributed by atoms with van der Waals surface area (Å²) in [5.41, 5.74) is 54.7. The second-order valence-electron chi connectivity index (χ2n) is 40.2. The number of likely N-dealkylation sites (N-methyl/N-ethyl adjacent to an activating group) is 1. The lowest BCUT2D eigenvalue weighted by atomic mass is 9.76. The van der Waals surface area contributed by atoms with E-state index < -0.39 is 337 Å². The van der Waals surface area contributed by atoms with E-state index >= 15 is 0 Å². The number of Topliss-reactive ketones (excluding diaryl/α,β-unsaturated/α-hetero) is 1. The molecule has 7 saturated heterocycles. The van der Waals surface area contributed by atoms with Gasteiger partial charge in [0.05, 0.1) is 74.0 Å². The number of carbonyl (C=O) groups excluding carboxylic acids is 1. The number of ketones is 1. The lowest BCUT2D eigenvalue weighted by molar-refractivity contribution is -0.317. The van der Waals surface area contributed by atoms with Crippen LogP contribution < -0.4 is 56.9 Å². The predicted octanol–water partition coefficient (Wildman–Crippen LogP) is -13.4.